The van der Waals surface area contributed by atoms with E-state index in [1.54, 1.807) is 6.07 Å². The Labute approximate surface area is 119 Å². The number of phenolic OH excluding ortho intramolecular Hbond substituents is 1. The van der Waals surface area contributed by atoms with E-state index in [1.807, 2.05) is 25.1 Å². The number of hydrogen-bond acceptors (Lipinski definition) is 3. The van der Waals surface area contributed by atoms with E-state index in [0.29, 0.717) is 11.8 Å². The van der Waals surface area contributed by atoms with Crippen LogP contribution in [0.3, 0.4) is 0 Å². The lowest BCUT2D eigenvalue weighted by molar-refractivity contribution is 0.351. The Bertz CT molecular complexity index is 606. The Kier molecular flexibility index (Phi) is 3.49. The van der Waals surface area contributed by atoms with Gasteiger partial charge < -0.3 is 15.0 Å². The highest BCUT2D eigenvalue weighted by molar-refractivity contribution is 5.29. The van der Waals surface area contributed by atoms with Crippen LogP contribution in [0.4, 0.5) is 0 Å². The second kappa shape index (κ2) is 5.29. The summed E-state index contributed by atoms with van der Waals surface area (Å²) in [5, 5.41) is 13.2. The molecule has 2 aromatic rings. The number of aromatic nitrogens is 2. The molecular formula is C16H21N3O. The molecule has 0 unspecified atom stereocenters. The van der Waals surface area contributed by atoms with Crippen LogP contribution in [0.2, 0.25) is 0 Å². The fraction of sp³-hybridized carbons (Fsp3) is 0.438. The largest absolute Gasteiger partial charge is 0.508 e. The highest BCUT2D eigenvalue weighted by Gasteiger charge is 2.21. The van der Waals surface area contributed by atoms with Gasteiger partial charge in [0.15, 0.2) is 0 Å². The van der Waals surface area contributed by atoms with Crippen molar-refractivity contribution in [3.05, 3.63) is 47.5 Å². The molecule has 0 saturated carbocycles. The number of hydrogen-bond donors (Lipinski definition) is 2. The van der Waals surface area contributed by atoms with Crippen molar-refractivity contribution in [1.29, 1.82) is 0 Å². The minimum absolute atomic E-state index is 0.235. The van der Waals surface area contributed by atoms with Gasteiger partial charge >= 0.3 is 0 Å². The van der Waals surface area contributed by atoms with Gasteiger partial charge in [0.2, 0.25) is 0 Å². The molecule has 2 heterocycles. The number of rotatable bonds is 3. The number of nitrogens with zero attached hydrogens (tertiary/aromatic N) is 2. The van der Waals surface area contributed by atoms with Gasteiger partial charge in [-0.3, -0.25) is 0 Å². The van der Waals surface area contributed by atoms with Gasteiger partial charge in [-0.2, -0.15) is 0 Å². The highest BCUT2D eigenvalue weighted by Crippen LogP contribution is 2.21. The Morgan fingerprint density at radius 3 is 3.10 bits per heavy atom. The average molecular weight is 271 g/mol. The van der Waals surface area contributed by atoms with Gasteiger partial charge in [0.05, 0.1) is 5.69 Å². The first-order chi connectivity index (χ1) is 9.61. The molecule has 2 N–H and O–H groups in total. The molecule has 0 bridgehead atoms. The van der Waals surface area contributed by atoms with Crippen LogP contribution in [0.15, 0.2) is 30.5 Å². The lowest BCUT2D eigenvalue weighted by Crippen LogP contribution is -2.38. The quantitative estimate of drug-likeness (QED) is 0.902. The number of benzene rings is 1. The van der Waals surface area contributed by atoms with Crippen LogP contribution in [0.25, 0.3) is 0 Å². The van der Waals surface area contributed by atoms with Crippen molar-refractivity contribution in [3.63, 3.8) is 0 Å². The van der Waals surface area contributed by atoms with E-state index >= 15 is 0 Å². The smallest absolute Gasteiger partial charge is 0.115 e. The Balaban J connectivity index is 1.67. The van der Waals surface area contributed by atoms with Crippen LogP contribution in [-0.4, -0.2) is 20.7 Å². The molecule has 0 spiro atoms. The molecule has 0 aliphatic carbocycles. The molecule has 20 heavy (non-hydrogen) atoms. The van der Waals surface area contributed by atoms with Crippen molar-refractivity contribution in [2.45, 2.75) is 45.3 Å². The summed E-state index contributed by atoms with van der Waals surface area (Å²) in [6.45, 7) is 5.16. The zero-order valence-electron chi connectivity index (χ0n) is 12.0. The summed E-state index contributed by atoms with van der Waals surface area (Å²) >= 11 is 0. The number of nitrogens with one attached hydrogen (secondary N) is 1. The number of imidazole rings is 1. The third-order valence-electron chi connectivity index (χ3n) is 3.97. The molecule has 4 heteroatoms. The maximum absolute atomic E-state index is 9.56. The summed E-state index contributed by atoms with van der Waals surface area (Å²) in [4.78, 5) is 4.54. The van der Waals surface area contributed by atoms with E-state index < -0.39 is 0 Å². The number of aromatic hydroxyl groups is 1. The lowest BCUT2D eigenvalue weighted by atomic mass is 10.0. The Morgan fingerprint density at radius 2 is 2.30 bits per heavy atom. The van der Waals surface area contributed by atoms with Gasteiger partial charge in [0, 0.05) is 31.2 Å². The first kappa shape index (κ1) is 13.2. The lowest BCUT2D eigenvalue weighted by Gasteiger charge is -2.28. The normalized spacial score (nSPS) is 19.6. The summed E-state index contributed by atoms with van der Waals surface area (Å²) in [5.41, 5.74) is 2.22. The average Bonchev–Trinajstić information content (AvgIpc) is 2.78. The van der Waals surface area contributed by atoms with Gasteiger partial charge in [0.25, 0.3) is 0 Å². The van der Waals surface area contributed by atoms with Crippen LogP contribution in [0.1, 0.15) is 36.5 Å². The van der Waals surface area contributed by atoms with Crippen molar-refractivity contribution in [1.82, 2.24) is 14.9 Å². The fourth-order valence-electron chi connectivity index (χ4n) is 2.97. The maximum atomic E-state index is 9.56. The summed E-state index contributed by atoms with van der Waals surface area (Å²) in [5.74, 6) is 1.53. The summed E-state index contributed by atoms with van der Waals surface area (Å²) in [6, 6.07) is 8.16. The molecule has 3 rings (SSSR count). The first-order valence-corrected chi connectivity index (χ1v) is 7.19. The maximum Gasteiger partial charge on any atom is 0.115 e. The molecule has 106 valence electrons. The van der Waals surface area contributed by atoms with E-state index in [9.17, 15) is 5.11 Å². The van der Waals surface area contributed by atoms with E-state index in [4.69, 9.17) is 0 Å². The third-order valence-corrected chi connectivity index (χ3v) is 3.97. The van der Waals surface area contributed by atoms with Gasteiger partial charge in [-0.1, -0.05) is 12.1 Å². The molecular weight excluding hydrogens is 250 g/mol. The number of fused-ring (bicyclic) bond motifs is 1. The van der Waals surface area contributed by atoms with Crippen LogP contribution >= 0.6 is 0 Å². The molecule has 1 aromatic carbocycles. The second-order valence-corrected chi connectivity index (χ2v) is 5.67. The molecule has 0 amide bonds. The molecule has 2 atom stereocenters. The van der Waals surface area contributed by atoms with Crippen molar-refractivity contribution in [3.8, 4) is 5.75 Å². The molecule has 1 aromatic heterocycles. The van der Waals surface area contributed by atoms with Gasteiger partial charge in [-0.25, -0.2) is 4.98 Å². The van der Waals surface area contributed by atoms with E-state index in [2.05, 4.69) is 28.0 Å². The predicted octanol–water partition coefficient (Wildman–Crippen LogP) is 2.56. The van der Waals surface area contributed by atoms with Gasteiger partial charge in [-0.15, -0.1) is 0 Å². The zero-order valence-corrected chi connectivity index (χ0v) is 12.0. The van der Waals surface area contributed by atoms with Crippen molar-refractivity contribution >= 4 is 0 Å². The van der Waals surface area contributed by atoms with Crippen LogP contribution in [0.5, 0.6) is 5.75 Å². The molecule has 4 nitrogen and oxygen atoms in total. The van der Waals surface area contributed by atoms with Gasteiger partial charge in [-0.05, 0) is 38.0 Å². The molecule has 1 aliphatic rings. The summed E-state index contributed by atoms with van der Waals surface area (Å²) < 4.78 is 2.26. The minimum atomic E-state index is 0.235. The van der Waals surface area contributed by atoms with E-state index in [1.165, 1.54) is 5.82 Å². The third kappa shape index (κ3) is 2.70. The topological polar surface area (TPSA) is 50.1 Å². The fourth-order valence-corrected chi connectivity index (χ4v) is 2.97. The molecule has 0 fully saturated rings. The first-order valence-electron chi connectivity index (χ1n) is 7.19. The minimum Gasteiger partial charge on any atom is -0.508 e. The summed E-state index contributed by atoms with van der Waals surface area (Å²) in [6.07, 6.45) is 4.26. The van der Waals surface area contributed by atoms with Crippen LogP contribution in [0, 0.1) is 6.92 Å². The predicted molar refractivity (Wildman–Crippen MR) is 78.7 cm³/mol. The zero-order chi connectivity index (χ0) is 14.1. The second-order valence-electron chi connectivity index (χ2n) is 5.67. The molecule has 0 saturated heterocycles. The molecule has 0 radical (unpaired) electrons. The standard InChI is InChI=1S/C16H21N3O/c1-11-9-19-10-14(6-7-16(19)17-11)18-12(2)13-4-3-5-15(20)8-13/h3-5,8-9,12,14,18,20H,6-7,10H2,1-2H3/t12-,14-/m0/s1. The van der Waals surface area contributed by atoms with Crippen molar-refractivity contribution in [2.24, 2.45) is 0 Å². The van der Waals surface area contributed by atoms with Crippen molar-refractivity contribution < 1.29 is 5.11 Å². The van der Waals surface area contributed by atoms with E-state index in [-0.39, 0.29) is 6.04 Å². The summed E-state index contributed by atoms with van der Waals surface area (Å²) in [7, 11) is 0. The number of phenols is 1. The Hall–Kier alpha value is -1.81. The van der Waals surface area contributed by atoms with E-state index in [0.717, 1.165) is 30.6 Å². The number of aryl methyl sites for hydroxylation is 2. The molecule has 1 aliphatic heterocycles. The van der Waals surface area contributed by atoms with Gasteiger partial charge in [0.1, 0.15) is 11.6 Å². The monoisotopic (exact) mass is 271 g/mol. The van der Waals surface area contributed by atoms with Crippen LogP contribution < -0.4 is 5.32 Å². The van der Waals surface area contributed by atoms with Crippen LogP contribution in [-0.2, 0) is 13.0 Å². The van der Waals surface area contributed by atoms with Crippen molar-refractivity contribution in [2.75, 3.05) is 0 Å². The highest BCUT2D eigenvalue weighted by atomic mass is 16.3. The Morgan fingerprint density at radius 1 is 1.45 bits per heavy atom. The SMILES string of the molecule is Cc1cn2c(n1)CC[C@H](N[C@@H](C)c1cccc(O)c1)C2.